The molecule has 2 N–H and O–H groups in total. The van der Waals surface area contributed by atoms with E-state index < -0.39 is 0 Å². The molecule has 2 aromatic rings. The van der Waals surface area contributed by atoms with Gasteiger partial charge in [-0.2, -0.15) is 0 Å². The van der Waals surface area contributed by atoms with Crippen LogP contribution >= 0.6 is 0 Å². The van der Waals surface area contributed by atoms with Crippen molar-refractivity contribution in [2.45, 2.75) is 18.9 Å². The Morgan fingerprint density at radius 3 is 3.00 bits per heavy atom. The number of urea groups is 1. The quantitative estimate of drug-likeness (QED) is 0.812. The molecular formula is C19H24N8O. The Balaban J connectivity index is 1.47. The first-order valence-electron chi connectivity index (χ1n) is 9.87. The van der Waals surface area contributed by atoms with E-state index in [1.807, 2.05) is 4.90 Å². The van der Waals surface area contributed by atoms with E-state index in [0.717, 1.165) is 69.4 Å². The normalized spacial score (nSPS) is 21.3. The van der Waals surface area contributed by atoms with Gasteiger partial charge in [0.15, 0.2) is 5.82 Å². The summed E-state index contributed by atoms with van der Waals surface area (Å²) in [6, 6.07) is 5.83. The van der Waals surface area contributed by atoms with Crippen LogP contribution in [0.5, 0.6) is 0 Å². The van der Waals surface area contributed by atoms with Crippen LogP contribution in [0.3, 0.4) is 0 Å². The van der Waals surface area contributed by atoms with Crippen molar-refractivity contribution in [3.05, 3.63) is 30.7 Å². The van der Waals surface area contributed by atoms with E-state index >= 15 is 0 Å². The summed E-state index contributed by atoms with van der Waals surface area (Å²) in [4.78, 5) is 32.6. The lowest BCUT2D eigenvalue weighted by molar-refractivity contribution is 0.254. The zero-order valence-electron chi connectivity index (χ0n) is 15.7. The van der Waals surface area contributed by atoms with E-state index in [1.54, 1.807) is 12.3 Å². The molecule has 1 atom stereocenters. The highest BCUT2D eigenvalue weighted by atomic mass is 16.2. The van der Waals surface area contributed by atoms with Crippen LogP contribution in [0.15, 0.2) is 30.7 Å². The van der Waals surface area contributed by atoms with Crippen molar-refractivity contribution in [1.82, 2.24) is 20.3 Å². The van der Waals surface area contributed by atoms with Crippen LogP contribution in [0.1, 0.15) is 12.8 Å². The van der Waals surface area contributed by atoms with Gasteiger partial charge in [-0.3, -0.25) is 10.2 Å². The Bertz CT molecular complexity index is 852. The van der Waals surface area contributed by atoms with Gasteiger partial charge in [-0.15, -0.1) is 0 Å². The van der Waals surface area contributed by atoms with Gasteiger partial charge in [-0.1, -0.05) is 0 Å². The van der Waals surface area contributed by atoms with Gasteiger partial charge in [0, 0.05) is 38.9 Å². The van der Waals surface area contributed by atoms with Gasteiger partial charge >= 0.3 is 6.03 Å². The number of fused-ring (bicyclic) bond motifs is 4. The summed E-state index contributed by atoms with van der Waals surface area (Å²) in [5.74, 6) is 2.18. The van der Waals surface area contributed by atoms with Crippen LogP contribution in [0.25, 0.3) is 0 Å². The zero-order chi connectivity index (χ0) is 18.9. The summed E-state index contributed by atoms with van der Waals surface area (Å²) in [6.07, 6.45) is 5.08. The first kappa shape index (κ1) is 17.2. The summed E-state index contributed by atoms with van der Waals surface area (Å²) in [7, 11) is 0. The summed E-state index contributed by atoms with van der Waals surface area (Å²) < 4.78 is 0. The lowest BCUT2D eigenvalue weighted by atomic mass is 10.2. The smallest absolute Gasteiger partial charge is 0.329 e. The van der Waals surface area contributed by atoms with Gasteiger partial charge in [0.1, 0.15) is 18.0 Å². The highest BCUT2D eigenvalue weighted by molar-refractivity contribution is 6.04. The third-order valence-electron chi connectivity index (χ3n) is 5.64. The Morgan fingerprint density at radius 2 is 2.11 bits per heavy atom. The molecule has 2 amide bonds. The van der Waals surface area contributed by atoms with Gasteiger partial charge in [0.25, 0.3) is 0 Å². The molecule has 9 heteroatoms. The fraction of sp³-hybridized carbons (Fsp3) is 0.474. The second-order valence-corrected chi connectivity index (χ2v) is 7.39. The van der Waals surface area contributed by atoms with Crippen LogP contribution in [-0.2, 0) is 0 Å². The molecule has 5 heterocycles. The fourth-order valence-corrected chi connectivity index (χ4v) is 4.25. The molecule has 5 rings (SSSR count). The first-order chi connectivity index (χ1) is 13.8. The fourth-order valence-electron chi connectivity index (χ4n) is 4.25. The number of anilines is 4. The largest absolute Gasteiger partial charge is 0.366 e. The summed E-state index contributed by atoms with van der Waals surface area (Å²) in [6.45, 7) is 5.67. The predicted molar refractivity (Wildman–Crippen MR) is 108 cm³/mol. The number of amides is 2. The van der Waals surface area contributed by atoms with E-state index in [1.165, 1.54) is 6.33 Å². The number of rotatable bonds is 2. The number of hydrogen-bond donors (Lipinski definition) is 2. The third kappa shape index (κ3) is 3.11. The van der Waals surface area contributed by atoms with Crippen molar-refractivity contribution >= 4 is 29.2 Å². The average molecular weight is 380 g/mol. The van der Waals surface area contributed by atoms with E-state index in [4.69, 9.17) is 4.98 Å². The van der Waals surface area contributed by atoms with Gasteiger partial charge < -0.3 is 15.1 Å². The number of carbonyl (C=O) groups is 1. The molecule has 146 valence electrons. The van der Waals surface area contributed by atoms with Crippen molar-refractivity contribution in [2.75, 3.05) is 59.3 Å². The zero-order valence-corrected chi connectivity index (χ0v) is 15.7. The Kier molecular flexibility index (Phi) is 4.44. The molecule has 0 unspecified atom stereocenters. The number of hydrogen-bond acceptors (Lipinski definition) is 7. The van der Waals surface area contributed by atoms with E-state index in [9.17, 15) is 4.79 Å². The molecule has 2 fully saturated rings. The van der Waals surface area contributed by atoms with Crippen molar-refractivity contribution in [3.63, 3.8) is 0 Å². The molecule has 0 spiro atoms. The number of carbonyl (C=O) groups excluding carboxylic acids is 1. The monoisotopic (exact) mass is 380 g/mol. The van der Waals surface area contributed by atoms with Gasteiger partial charge in [-0.05, 0) is 37.6 Å². The van der Waals surface area contributed by atoms with Crippen LogP contribution in [0, 0.1) is 0 Å². The molecule has 2 aromatic heterocycles. The molecular weight excluding hydrogens is 356 g/mol. The maximum atomic E-state index is 13.1. The number of aromatic nitrogens is 3. The lowest BCUT2D eigenvalue weighted by Crippen LogP contribution is -2.48. The number of pyridine rings is 1. The van der Waals surface area contributed by atoms with Crippen LogP contribution in [0.2, 0.25) is 0 Å². The maximum Gasteiger partial charge on any atom is 0.329 e. The van der Waals surface area contributed by atoms with E-state index in [2.05, 4.69) is 42.5 Å². The third-order valence-corrected chi connectivity index (χ3v) is 5.64. The molecule has 28 heavy (non-hydrogen) atoms. The summed E-state index contributed by atoms with van der Waals surface area (Å²) in [5, 5.41) is 6.32. The topological polar surface area (TPSA) is 89.5 Å². The van der Waals surface area contributed by atoms with Gasteiger partial charge in [-0.25, -0.2) is 19.7 Å². The molecule has 2 bridgehead atoms. The highest BCUT2D eigenvalue weighted by Gasteiger charge is 2.40. The van der Waals surface area contributed by atoms with Crippen molar-refractivity contribution in [1.29, 1.82) is 0 Å². The van der Waals surface area contributed by atoms with Crippen molar-refractivity contribution in [3.8, 4) is 0 Å². The highest BCUT2D eigenvalue weighted by Crippen LogP contribution is 2.40. The van der Waals surface area contributed by atoms with E-state index in [-0.39, 0.29) is 12.1 Å². The summed E-state index contributed by atoms with van der Waals surface area (Å²) in [5.41, 5.74) is 1.03. The second-order valence-electron chi connectivity index (χ2n) is 7.39. The van der Waals surface area contributed by atoms with Gasteiger partial charge in [0.2, 0.25) is 0 Å². The second kappa shape index (κ2) is 7.23. The molecule has 0 radical (unpaired) electrons. The van der Waals surface area contributed by atoms with Crippen LogP contribution in [0.4, 0.5) is 27.9 Å². The Labute approximate surface area is 163 Å². The lowest BCUT2D eigenvalue weighted by Gasteiger charge is -2.36. The molecule has 3 aliphatic heterocycles. The molecule has 0 saturated carbocycles. The predicted octanol–water partition coefficient (Wildman–Crippen LogP) is 1.30. The van der Waals surface area contributed by atoms with Gasteiger partial charge in [0.05, 0.1) is 11.7 Å². The first-order valence-corrected chi connectivity index (χ1v) is 9.87. The SMILES string of the molecule is O=C(Nc1ccncn1)N1c2nc(N3CCCNCC3)ccc2N2CC[C@H]1C2. The number of nitrogens with zero attached hydrogens (tertiary/aromatic N) is 6. The molecule has 2 saturated heterocycles. The van der Waals surface area contributed by atoms with Crippen molar-refractivity contribution in [2.24, 2.45) is 0 Å². The minimum Gasteiger partial charge on any atom is -0.366 e. The van der Waals surface area contributed by atoms with Crippen molar-refractivity contribution < 1.29 is 4.79 Å². The molecule has 0 aliphatic carbocycles. The summed E-state index contributed by atoms with van der Waals surface area (Å²) >= 11 is 0. The minimum atomic E-state index is -0.186. The molecule has 9 nitrogen and oxygen atoms in total. The standard InChI is InChI=1S/C19H24N8O/c28-19(23-16-4-7-21-13-22-16)27-14-5-10-26(12-14)15-2-3-17(24-18(15)27)25-9-1-6-20-8-11-25/h2-4,7,13-14,20H,1,5-6,8-12H2,(H,21,22,23,28)/t14-/m0/s1. The average Bonchev–Trinajstić information content (AvgIpc) is 2.95. The maximum absolute atomic E-state index is 13.1. The van der Waals surface area contributed by atoms with E-state index in [0.29, 0.717) is 5.82 Å². The number of nitrogens with one attached hydrogen (secondary N) is 2. The van der Waals surface area contributed by atoms with Crippen LogP contribution < -0.4 is 25.3 Å². The Hall–Kier alpha value is -2.94. The molecule has 3 aliphatic rings. The minimum absolute atomic E-state index is 0.128. The Morgan fingerprint density at radius 1 is 1.14 bits per heavy atom. The van der Waals surface area contributed by atoms with Crippen LogP contribution in [-0.4, -0.2) is 66.3 Å². The molecule has 0 aromatic carbocycles.